The average Bonchev–Trinajstić information content (AvgIpc) is 3.71. The molecule has 31 heavy (non-hydrogen) atoms. The van der Waals surface area contributed by atoms with Gasteiger partial charge in [-0.2, -0.15) is 0 Å². The van der Waals surface area contributed by atoms with Crippen molar-refractivity contribution in [3.63, 3.8) is 0 Å². The Morgan fingerprint density at radius 2 is 1.94 bits per heavy atom. The molecule has 2 fully saturated rings. The highest BCUT2D eigenvalue weighted by atomic mass is 16.1. The number of anilines is 3. The van der Waals surface area contributed by atoms with Crippen LogP contribution in [0.5, 0.6) is 0 Å². The number of carbonyl (C=O) groups is 1. The van der Waals surface area contributed by atoms with Crippen molar-refractivity contribution >= 4 is 23.2 Å². The third-order valence-corrected chi connectivity index (χ3v) is 5.66. The minimum absolute atomic E-state index is 0.0818. The van der Waals surface area contributed by atoms with Gasteiger partial charge in [-0.15, -0.1) is 0 Å². The van der Waals surface area contributed by atoms with Gasteiger partial charge in [0.2, 0.25) is 0 Å². The van der Waals surface area contributed by atoms with E-state index in [-0.39, 0.29) is 11.4 Å². The summed E-state index contributed by atoms with van der Waals surface area (Å²) in [4.78, 5) is 31.7. The zero-order chi connectivity index (χ0) is 21.4. The van der Waals surface area contributed by atoms with Gasteiger partial charge in [0.25, 0.3) is 5.91 Å². The molecule has 5 rings (SSSR count). The number of amides is 1. The lowest BCUT2D eigenvalue weighted by atomic mass is 10.2. The summed E-state index contributed by atoms with van der Waals surface area (Å²) in [5.74, 6) is 1.56. The molecule has 0 saturated heterocycles. The Labute approximate surface area is 179 Å². The van der Waals surface area contributed by atoms with Crippen LogP contribution in [0, 0.1) is 5.92 Å². The second kappa shape index (κ2) is 7.59. The summed E-state index contributed by atoms with van der Waals surface area (Å²) in [6, 6.07) is 9.33. The van der Waals surface area contributed by atoms with Crippen LogP contribution in [0.3, 0.4) is 0 Å². The zero-order valence-electron chi connectivity index (χ0n) is 17.0. The summed E-state index contributed by atoms with van der Waals surface area (Å²) in [6.07, 6.45) is 9.23. The third kappa shape index (κ3) is 4.17. The Morgan fingerprint density at radius 3 is 2.61 bits per heavy atom. The topological polar surface area (TPSA) is 136 Å². The lowest BCUT2D eigenvalue weighted by Crippen LogP contribution is -2.46. The average molecular weight is 416 g/mol. The van der Waals surface area contributed by atoms with E-state index in [1.165, 1.54) is 12.8 Å². The van der Waals surface area contributed by atoms with Crippen LogP contribution in [0.4, 0.5) is 17.3 Å². The van der Waals surface area contributed by atoms with Crippen molar-refractivity contribution in [2.75, 3.05) is 16.8 Å². The van der Waals surface area contributed by atoms with E-state index < -0.39 is 5.91 Å². The Balaban J connectivity index is 1.48. The Hall–Kier alpha value is -3.59. The van der Waals surface area contributed by atoms with Crippen LogP contribution in [0.1, 0.15) is 36.2 Å². The number of nitrogens with one attached hydrogen (secondary N) is 1. The van der Waals surface area contributed by atoms with Crippen LogP contribution in [-0.4, -0.2) is 38.1 Å². The quantitative estimate of drug-likeness (QED) is 0.476. The molecule has 2 aromatic heterocycles. The molecule has 2 heterocycles. The number of nitrogens with zero attached hydrogens (tertiary/aromatic N) is 5. The maximum Gasteiger partial charge on any atom is 0.271 e. The van der Waals surface area contributed by atoms with E-state index in [0.29, 0.717) is 23.4 Å². The number of benzene rings is 1. The molecule has 0 spiro atoms. The molecule has 3 aromatic rings. The molecular weight excluding hydrogens is 392 g/mol. The molecule has 0 unspecified atom stereocenters. The monoisotopic (exact) mass is 416 g/mol. The van der Waals surface area contributed by atoms with E-state index in [2.05, 4.69) is 25.2 Å². The summed E-state index contributed by atoms with van der Waals surface area (Å²) in [5, 5.41) is 3.20. The first-order valence-electron chi connectivity index (χ1n) is 10.4. The lowest BCUT2D eigenvalue weighted by molar-refractivity contribution is 0.0996. The largest absolute Gasteiger partial charge is 0.364 e. The summed E-state index contributed by atoms with van der Waals surface area (Å²) in [5.41, 5.74) is 13.3. The number of hydrogen-bond acceptors (Lipinski definition) is 8. The van der Waals surface area contributed by atoms with Crippen LogP contribution in [-0.2, 0) is 0 Å². The first-order valence-corrected chi connectivity index (χ1v) is 10.4. The van der Waals surface area contributed by atoms with Crippen molar-refractivity contribution in [1.82, 2.24) is 19.9 Å². The minimum Gasteiger partial charge on any atom is -0.364 e. The summed E-state index contributed by atoms with van der Waals surface area (Å²) < 4.78 is 0. The van der Waals surface area contributed by atoms with E-state index in [1.807, 2.05) is 24.3 Å². The summed E-state index contributed by atoms with van der Waals surface area (Å²) in [7, 11) is 0. The fourth-order valence-corrected chi connectivity index (χ4v) is 3.56. The zero-order valence-corrected chi connectivity index (χ0v) is 17.0. The molecule has 158 valence electrons. The van der Waals surface area contributed by atoms with Crippen LogP contribution < -0.4 is 21.7 Å². The number of rotatable bonds is 8. The van der Waals surface area contributed by atoms with Gasteiger partial charge in [-0.3, -0.25) is 4.79 Å². The molecular formula is C22H24N8O. The molecule has 0 radical (unpaired) electrons. The normalized spacial score (nSPS) is 16.5. The van der Waals surface area contributed by atoms with Gasteiger partial charge in [-0.1, -0.05) is 12.1 Å². The van der Waals surface area contributed by atoms with Gasteiger partial charge < -0.3 is 21.7 Å². The SMILES string of the molecule is NC(=O)c1ncc(N(CC2CC2)C2(N)CC2)nc1Nc1cccc(-c2ncccn2)c1. The molecule has 2 aliphatic carbocycles. The second-order valence-corrected chi connectivity index (χ2v) is 8.23. The number of aromatic nitrogens is 4. The maximum atomic E-state index is 12.0. The second-order valence-electron chi connectivity index (χ2n) is 8.23. The van der Waals surface area contributed by atoms with Crippen LogP contribution in [0.2, 0.25) is 0 Å². The van der Waals surface area contributed by atoms with Gasteiger partial charge in [0.05, 0.1) is 11.9 Å². The highest BCUT2D eigenvalue weighted by molar-refractivity contribution is 5.96. The standard InChI is InChI=1S/C22H24N8O/c23-19(31)18-21(28-16-4-1-3-15(11-16)20-25-9-2-10-26-20)29-17(12-27-18)30(13-14-5-6-14)22(24)7-8-22/h1-4,9-12,14H,5-8,13,24H2,(H2,23,31)(H,28,29). The smallest absolute Gasteiger partial charge is 0.271 e. The number of primary amides is 1. The van der Waals surface area contributed by atoms with Crippen LogP contribution >= 0.6 is 0 Å². The van der Waals surface area contributed by atoms with Gasteiger partial charge in [-0.25, -0.2) is 19.9 Å². The third-order valence-electron chi connectivity index (χ3n) is 5.66. The molecule has 0 bridgehead atoms. The van der Waals surface area contributed by atoms with Gasteiger partial charge in [0, 0.05) is 30.2 Å². The highest BCUT2D eigenvalue weighted by Gasteiger charge is 2.46. The Bertz CT molecular complexity index is 1110. The van der Waals surface area contributed by atoms with Gasteiger partial charge >= 0.3 is 0 Å². The van der Waals surface area contributed by atoms with Crippen molar-refractivity contribution in [1.29, 1.82) is 0 Å². The van der Waals surface area contributed by atoms with Crippen molar-refractivity contribution in [3.8, 4) is 11.4 Å². The molecule has 5 N–H and O–H groups in total. The number of nitrogens with two attached hydrogens (primary N) is 2. The summed E-state index contributed by atoms with van der Waals surface area (Å²) in [6.45, 7) is 0.849. The number of carbonyl (C=O) groups excluding carboxylic acids is 1. The van der Waals surface area contributed by atoms with E-state index in [1.54, 1.807) is 24.7 Å². The van der Waals surface area contributed by atoms with Crippen LogP contribution in [0.25, 0.3) is 11.4 Å². The molecule has 2 aliphatic rings. The van der Waals surface area contributed by atoms with E-state index in [9.17, 15) is 4.79 Å². The van der Waals surface area contributed by atoms with Gasteiger partial charge in [0.15, 0.2) is 23.2 Å². The van der Waals surface area contributed by atoms with Crippen molar-refractivity contribution < 1.29 is 4.79 Å². The molecule has 9 heteroatoms. The first kappa shape index (κ1) is 19.4. The molecule has 0 aliphatic heterocycles. The predicted molar refractivity (Wildman–Crippen MR) is 118 cm³/mol. The van der Waals surface area contributed by atoms with Gasteiger partial charge in [-0.05, 0) is 49.8 Å². The van der Waals surface area contributed by atoms with Gasteiger partial charge in [0.1, 0.15) is 0 Å². The highest BCUT2D eigenvalue weighted by Crippen LogP contribution is 2.42. The fourth-order valence-electron chi connectivity index (χ4n) is 3.56. The maximum absolute atomic E-state index is 12.0. The molecule has 9 nitrogen and oxygen atoms in total. The van der Waals surface area contributed by atoms with E-state index in [4.69, 9.17) is 16.5 Å². The van der Waals surface area contributed by atoms with E-state index >= 15 is 0 Å². The molecule has 1 aromatic carbocycles. The Kier molecular flexibility index (Phi) is 4.74. The molecule has 2 saturated carbocycles. The van der Waals surface area contributed by atoms with Crippen molar-refractivity contribution in [2.45, 2.75) is 31.3 Å². The predicted octanol–water partition coefficient (Wildman–Crippen LogP) is 2.44. The summed E-state index contributed by atoms with van der Waals surface area (Å²) >= 11 is 0. The minimum atomic E-state index is -0.647. The lowest BCUT2D eigenvalue weighted by Gasteiger charge is -2.30. The Morgan fingerprint density at radius 1 is 1.16 bits per heavy atom. The van der Waals surface area contributed by atoms with Crippen molar-refractivity contribution in [3.05, 3.63) is 54.6 Å². The van der Waals surface area contributed by atoms with E-state index in [0.717, 1.165) is 30.6 Å². The first-order chi connectivity index (χ1) is 15.0. The van der Waals surface area contributed by atoms with Crippen LogP contribution in [0.15, 0.2) is 48.9 Å². The molecule has 1 amide bonds. The van der Waals surface area contributed by atoms with Crippen molar-refractivity contribution in [2.24, 2.45) is 17.4 Å². The fraction of sp³-hybridized carbons (Fsp3) is 0.318. The number of hydrogen-bond donors (Lipinski definition) is 3. The molecule has 0 atom stereocenters.